The third-order valence-electron chi connectivity index (χ3n) is 4.02. The fraction of sp³-hybridized carbons (Fsp3) is 0.625. The van der Waals surface area contributed by atoms with Crippen molar-refractivity contribution in [2.24, 2.45) is 0 Å². The van der Waals surface area contributed by atoms with Gasteiger partial charge in [-0.1, -0.05) is 24.3 Å². The molecule has 104 valence electrons. The SMILES string of the molecule is O[C@@H](CNC1CC1)CO[C@@H]1CCCc2ccccc21. The van der Waals surface area contributed by atoms with E-state index in [0.29, 0.717) is 19.2 Å². The molecule has 1 aromatic rings. The van der Waals surface area contributed by atoms with E-state index >= 15 is 0 Å². The van der Waals surface area contributed by atoms with Crippen molar-refractivity contribution in [1.29, 1.82) is 0 Å². The Bertz CT molecular complexity index is 417. The highest BCUT2D eigenvalue weighted by molar-refractivity contribution is 5.31. The van der Waals surface area contributed by atoms with E-state index < -0.39 is 6.10 Å². The van der Waals surface area contributed by atoms with Gasteiger partial charge in [-0.15, -0.1) is 0 Å². The van der Waals surface area contributed by atoms with E-state index in [0.717, 1.165) is 12.8 Å². The normalized spacial score (nSPS) is 23.9. The van der Waals surface area contributed by atoms with Gasteiger partial charge in [-0.25, -0.2) is 0 Å². The molecule has 0 spiro atoms. The molecule has 19 heavy (non-hydrogen) atoms. The van der Waals surface area contributed by atoms with Crippen LogP contribution in [0, 0.1) is 0 Å². The highest BCUT2D eigenvalue weighted by atomic mass is 16.5. The topological polar surface area (TPSA) is 41.5 Å². The lowest BCUT2D eigenvalue weighted by atomic mass is 9.89. The summed E-state index contributed by atoms with van der Waals surface area (Å²) in [6, 6.07) is 9.16. The molecule has 1 fully saturated rings. The van der Waals surface area contributed by atoms with E-state index in [4.69, 9.17) is 4.74 Å². The molecule has 0 radical (unpaired) electrons. The molecule has 0 aromatic heterocycles. The lowest BCUT2D eigenvalue weighted by molar-refractivity contribution is -0.0167. The van der Waals surface area contributed by atoms with Crippen LogP contribution in [0.4, 0.5) is 0 Å². The van der Waals surface area contributed by atoms with Gasteiger partial charge in [0.15, 0.2) is 0 Å². The largest absolute Gasteiger partial charge is 0.389 e. The van der Waals surface area contributed by atoms with Crippen LogP contribution >= 0.6 is 0 Å². The fourth-order valence-corrected chi connectivity index (χ4v) is 2.76. The van der Waals surface area contributed by atoms with Crippen LogP contribution in [0.5, 0.6) is 0 Å². The molecule has 0 aliphatic heterocycles. The molecule has 2 atom stereocenters. The second-order valence-electron chi connectivity index (χ2n) is 5.75. The van der Waals surface area contributed by atoms with E-state index in [1.165, 1.54) is 30.4 Å². The number of aliphatic hydroxyl groups is 1. The number of ether oxygens (including phenoxy) is 1. The predicted octanol–water partition coefficient (Wildman–Crippen LogP) is 2.19. The Morgan fingerprint density at radius 2 is 2.11 bits per heavy atom. The molecule has 3 heteroatoms. The van der Waals surface area contributed by atoms with Crippen molar-refractivity contribution in [2.45, 2.75) is 50.4 Å². The predicted molar refractivity (Wildman–Crippen MR) is 75.1 cm³/mol. The van der Waals surface area contributed by atoms with Crippen LogP contribution in [0.1, 0.15) is 42.9 Å². The Kier molecular flexibility index (Phi) is 4.16. The van der Waals surface area contributed by atoms with E-state index in [-0.39, 0.29) is 6.10 Å². The zero-order valence-electron chi connectivity index (χ0n) is 11.3. The Morgan fingerprint density at radius 1 is 1.26 bits per heavy atom. The van der Waals surface area contributed by atoms with Gasteiger partial charge in [-0.3, -0.25) is 0 Å². The number of nitrogens with one attached hydrogen (secondary N) is 1. The summed E-state index contributed by atoms with van der Waals surface area (Å²) in [4.78, 5) is 0. The Hall–Kier alpha value is -0.900. The maximum atomic E-state index is 9.92. The van der Waals surface area contributed by atoms with Gasteiger partial charge in [0.05, 0.1) is 18.8 Å². The van der Waals surface area contributed by atoms with Gasteiger partial charge in [0.2, 0.25) is 0 Å². The van der Waals surface area contributed by atoms with Crippen LogP contribution in [0.15, 0.2) is 24.3 Å². The highest BCUT2D eigenvalue weighted by Crippen LogP contribution is 2.32. The average Bonchev–Trinajstić information content (AvgIpc) is 3.27. The molecular formula is C16H23NO2. The summed E-state index contributed by atoms with van der Waals surface area (Å²) in [6.07, 6.45) is 5.68. The second-order valence-corrected chi connectivity index (χ2v) is 5.75. The second kappa shape index (κ2) is 6.04. The minimum absolute atomic E-state index is 0.167. The quantitative estimate of drug-likeness (QED) is 0.825. The number of aliphatic hydroxyl groups excluding tert-OH is 1. The average molecular weight is 261 g/mol. The maximum Gasteiger partial charge on any atom is 0.0898 e. The van der Waals surface area contributed by atoms with E-state index in [1.807, 2.05) is 0 Å². The summed E-state index contributed by atoms with van der Waals surface area (Å²) in [6.45, 7) is 1.08. The number of hydrogen-bond donors (Lipinski definition) is 2. The molecule has 3 nitrogen and oxygen atoms in total. The first-order chi connectivity index (χ1) is 9.33. The summed E-state index contributed by atoms with van der Waals surface area (Å²) in [5, 5.41) is 13.3. The molecule has 2 N–H and O–H groups in total. The minimum atomic E-state index is -0.394. The van der Waals surface area contributed by atoms with Gasteiger partial charge in [0, 0.05) is 12.6 Å². The number of benzene rings is 1. The summed E-state index contributed by atoms with van der Waals surface area (Å²) in [5.41, 5.74) is 2.72. The van der Waals surface area contributed by atoms with Crippen LogP contribution in [-0.2, 0) is 11.2 Å². The Morgan fingerprint density at radius 3 is 2.95 bits per heavy atom. The van der Waals surface area contributed by atoms with Crippen LogP contribution in [0.25, 0.3) is 0 Å². The third kappa shape index (κ3) is 3.56. The third-order valence-corrected chi connectivity index (χ3v) is 4.02. The van der Waals surface area contributed by atoms with Gasteiger partial charge in [-0.05, 0) is 43.2 Å². The van der Waals surface area contributed by atoms with Crippen molar-refractivity contribution in [3.05, 3.63) is 35.4 Å². The number of rotatable bonds is 6. The zero-order chi connectivity index (χ0) is 13.1. The molecule has 2 aliphatic carbocycles. The monoisotopic (exact) mass is 261 g/mol. The summed E-state index contributed by atoms with van der Waals surface area (Å²) >= 11 is 0. The van der Waals surface area contributed by atoms with Crippen LogP contribution in [0.2, 0.25) is 0 Å². The lowest BCUT2D eigenvalue weighted by Gasteiger charge is -2.26. The van der Waals surface area contributed by atoms with Crippen LogP contribution < -0.4 is 5.32 Å². The van der Waals surface area contributed by atoms with E-state index in [2.05, 4.69) is 29.6 Å². The van der Waals surface area contributed by atoms with Crippen molar-refractivity contribution in [3.8, 4) is 0 Å². The summed E-state index contributed by atoms with van der Waals surface area (Å²) in [7, 11) is 0. The standard InChI is InChI=1S/C16H23NO2/c18-14(10-17-13-8-9-13)11-19-16-7-3-5-12-4-1-2-6-15(12)16/h1-2,4,6,13-14,16-18H,3,5,7-11H2/t14-,16+/m0/s1. The molecule has 1 aromatic carbocycles. The van der Waals surface area contributed by atoms with Gasteiger partial charge in [0.25, 0.3) is 0 Å². The molecule has 0 saturated heterocycles. The Labute approximate surface area is 115 Å². The maximum absolute atomic E-state index is 9.92. The van der Waals surface area contributed by atoms with Crippen LogP contribution in [-0.4, -0.2) is 30.4 Å². The van der Waals surface area contributed by atoms with Gasteiger partial charge in [-0.2, -0.15) is 0 Å². The highest BCUT2D eigenvalue weighted by Gasteiger charge is 2.23. The summed E-state index contributed by atoms with van der Waals surface area (Å²) < 4.78 is 5.93. The molecular weight excluding hydrogens is 238 g/mol. The van der Waals surface area contributed by atoms with Crippen molar-refractivity contribution < 1.29 is 9.84 Å². The van der Waals surface area contributed by atoms with E-state index in [9.17, 15) is 5.11 Å². The van der Waals surface area contributed by atoms with E-state index in [1.54, 1.807) is 0 Å². The zero-order valence-corrected chi connectivity index (χ0v) is 11.3. The van der Waals surface area contributed by atoms with Crippen LogP contribution in [0.3, 0.4) is 0 Å². The summed E-state index contributed by atoms with van der Waals surface area (Å²) in [5.74, 6) is 0. The molecule has 0 amide bonds. The van der Waals surface area contributed by atoms with Crippen molar-refractivity contribution in [2.75, 3.05) is 13.2 Å². The first-order valence-electron chi connectivity index (χ1n) is 7.44. The van der Waals surface area contributed by atoms with Crippen molar-refractivity contribution in [3.63, 3.8) is 0 Å². The minimum Gasteiger partial charge on any atom is -0.389 e. The first kappa shape index (κ1) is 13.1. The molecule has 0 unspecified atom stereocenters. The van der Waals surface area contributed by atoms with Gasteiger partial charge >= 0.3 is 0 Å². The number of hydrogen-bond acceptors (Lipinski definition) is 3. The van der Waals surface area contributed by atoms with Crippen molar-refractivity contribution in [1.82, 2.24) is 5.32 Å². The van der Waals surface area contributed by atoms with Gasteiger partial charge in [0.1, 0.15) is 0 Å². The molecule has 0 bridgehead atoms. The lowest BCUT2D eigenvalue weighted by Crippen LogP contribution is -2.32. The number of fused-ring (bicyclic) bond motifs is 1. The first-order valence-corrected chi connectivity index (χ1v) is 7.44. The molecule has 3 rings (SSSR count). The smallest absolute Gasteiger partial charge is 0.0898 e. The van der Waals surface area contributed by atoms with Crippen molar-refractivity contribution >= 4 is 0 Å². The molecule has 2 aliphatic rings. The fourth-order valence-electron chi connectivity index (χ4n) is 2.76. The number of aryl methyl sites for hydroxylation is 1. The Balaban J connectivity index is 1.49. The molecule has 0 heterocycles. The molecule has 1 saturated carbocycles. The van der Waals surface area contributed by atoms with Gasteiger partial charge < -0.3 is 15.2 Å².